The number of nitrogens with one attached hydrogen (secondary N) is 2. The largest absolute Gasteiger partial charge is 0.495 e. The van der Waals surface area contributed by atoms with Gasteiger partial charge in [-0.2, -0.15) is 10.2 Å². The highest BCUT2D eigenvalue weighted by Crippen LogP contribution is 2.35. The number of hydrogen-bond acceptors (Lipinski definition) is 6. The van der Waals surface area contributed by atoms with Gasteiger partial charge in [0.15, 0.2) is 5.65 Å². The molecular formula is C21H19N7O. The number of aromatic amines is 1. The molecule has 3 aromatic heterocycles. The molecule has 0 atom stereocenters. The maximum absolute atomic E-state index is 5.57. The molecule has 5 rings (SSSR count). The minimum absolute atomic E-state index is 0.612. The quantitative estimate of drug-likeness (QED) is 0.542. The molecule has 0 radical (unpaired) electrons. The Kier molecular flexibility index (Phi) is 4.09. The number of aryl methyl sites for hydroxylation is 1. The van der Waals surface area contributed by atoms with Gasteiger partial charge in [0, 0.05) is 18.8 Å². The molecule has 2 N–H and O–H groups in total. The lowest BCUT2D eigenvalue weighted by Gasteiger charge is -2.13. The van der Waals surface area contributed by atoms with Crippen LogP contribution in [0.15, 0.2) is 55.0 Å². The number of H-pyrrole nitrogens is 1. The standard InChI is InChI=1S/C21H19N7O/c1-28-16(9-10-24-28)14-7-8-17(29-2)15(11-14)25-20-18-19(13-5-3-4-6-13)26-27-21(18)23-12-22-20/h3,5-12H,4H2,1-2H3,(H2,22,23,25,26,27). The third kappa shape index (κ3) is 2.94. The molecule has 0 unspecified atom stereocenters. The molecule has 8 nitrogen and oxygen atoms in total. The fourth-order valence-corrected chi connectivity index (χ4v) is 3.55. The molecule has 29 heavy (non-hydrogen) atoms. The molecule has 0 aliphatic heterocycles. The maximum atomic E-state index is 5.57. The second-order valence-electron chi connectivity index (χ2n) is 6.70. The Morgan fingerprint density at radius 2 is 2.14 bits per heavy atom. The highest BCUT2D eigenvalue weighted by atomic mass is 16.5. The van der Waals surface area contributed by atoms with Crippen molar-refractivity contribution in [2.24, 2.45) is 7.05 Å². The van der Waals surface area contributed by atoms with Gasteiger partial charge >= 0.3 is 0 Å². The van der Waals surface area contributed by atoms with Crippen molar-refractivity contribution in [3.05, 3.63) is 60.7 Å². The molecular weight excluding hydrogens is 366 g/mol. The summed E-state index contributed by atoms with van der Waals surface area (Å²) in [6, 6.07) is 7.94. The smallest absolute Gasteiger partial charge is 0.186 e. The van der Waals surface area contributed by atoms with Crippen molar-refractivity contribution in [1.82, 2.24) is 29.9 Å². The molecule has 4 aromatic rings. The zero-order valence-corrected chi connectivity index (χ0v) is 16.0. The number of nitrogens with zero attached hydrogens (tertiary/aromatic N) is 5. The number of benzene rings is 1. The number of anilines is 2. The summed E-state index contributed by atoms with van der Waals surface area (Å²) in [5.74, 6) is 1.38. The van der Waals surface area contributed by atoms with Crippen molar-refractivity contribution in [1.29, 1.82) is 0 Å². The molecule has 0 bridgehead atoms. The van der Waals surface area contributed by atoms with Gasteiger partial charge in [0.2, 0.25) is 0 Å². The lowest BCUT2D eigenvalue weighted by molar-refractivity contribution is 0.417. The minimum atomic E-state index is 0.612. The topological polar surface area (TPSA) is 93.5 Å². The first-order chi connectivity index (χ1) is 14.2. The predicted octanol–water partition coefficient (Wildman–Crippen LogP) is 3.85. The fourth-order valence-electron chi connectivity index (χ4n) is 3.55. The van der Waals surface area contributed by atoms with Crippen LogP contribution in [-0.4, -0.2) is 37.1 Å². The first-order valence-electron chi connectivity index (χ1n) is 9.24. The van der Waals surface area contributed by atoms with E-state index in [0.29, 0.717) is 17.2 Å². The lowest BCUT2D eigenvalue weighted by Crippen LogP contribution is -2.00. The van der Waals surface area contributed by atoms with Crippen molar-refractivity contribution in [3.63, 3.8) is 0 Å². The normalized spacial score (nSPS) is 13.1. The molecule has 1 aromatic carbocycles. The van der Waals surface area contributed by atoms with Crippen LogP contribution < -0.4 is 10.1 Å². The van der Waals surface area contributed by atoms with Crippen LogP contribution in [0.3, 0.4) is 0 Å². The minimum Gasteiger partial charge on any atom is -0.495 e. The molecule has 1 aliphatic carbocycles. The number of hydrogen-bond donors (Lipinski definition) is 2. The van der Waals surface area contributed by atoms with E-state index in [-0.39, 0.29) is 0 Å². The predicted molar refractivity (Wildman–Crippen MR) is 112 cm³/mol. The summed E-state index contributed by atoms with van der Waals surface area (Å²) in [7, 11) is 3.57. The van der Waals surface area contributed by atoms with Crippen LogP contribution >= 0.6 is 0 Å². The van der Waals surface area contributed by atoms with Gasteiger partial charge in [-0.3, -0.25) is 9.78 Å². The highest BCUT2D eigenvalue weighted by molar-refractivity contribution is 5.99. The molecule has 0 spiro atoms. The SMILES string of the molecule is COc1ccc(-c2ccnn2C)cc1Nc1ncnc2n[nH]c(C3=CCC=C3)c12. The summed E-state index contributed by atoms with van der Waals surface area (Å²) in [6.07, 6.45) is 10.5. The number of ether oxygens (including phenoxy) is 1. The van der Waals surface area contributed by atoms with E-state index >= 15 is 0 Å². The maximum Gasteiger partial charge on any atom is 0.186 e. The Balaban J connectivity index is 1.62. The second-order valence-corrected chi connectivity index (χ2v) is 6.70. The average molecular weight is 385 g/mol. The van der Waals surface area contributed by atoms with Crippen molar-refractivity contribution in [2.45, 2.75) is 6.42 Å². The number of methoxy groups -OCH3 is 1. The van der Waals surface area contributed by atoms with Gasteiger partial charge in [0.05, 0.1) is 29.6 Å². The number of aromatic nitrogens is 6. The van der Waals surface area contributed by atoms with E-state index in [9.17, 15) is 0 Å². The second kappa shape index (κ2) is 6.90. The Morgan fingerprint density at radius 3 is 2.90 bits per heavy atom. The highest BCUT2D eigenvalue weighted by Gasteiger charge is 2.17. The molecule has 8 heteroatoms. The Labute approximate surface area is 167 Å². The van der Waals surface area contributed by atoms with E-state index < -0.39 is 0 Å². The Hall–Kier alpha value is -3.94. The monoisotopic (exact) mass is 385 g/mol. The van der Waals surface area contributed by atoms with Gasteiger partial charge < -0.3 is 10.1 Å². The molecule has 3 heterocycles. The third-order valence-electron chi connectivity index (χ3n) is 4.98. The fraction of sp³-hybridized carbons (Fsp3) is 0.143. The molecule has 0 fully saturated rings. The molecule has 0 saturated carbocycles. The average Bonchev–Trinajstić information content (AvgIpc) is 3.48. The van der Waals surface area contributed by atoms with Crippen LogP contribution in [0.2, 0.25) is 0 Å². The number of allylic oxidation sites excluding steroid dienone is 4. The van der Waals surface area contributed by atoms with E-state index in [1.54, 1.807) is 13.3 Å². The third-order valence-corrected chi connectivity index (χ3v) is 4.98. The summed E-state index contributed by atoms with van der Waals surface area (Å²) in [6.45, 7) is 0. The Morgan fingerprint density at radius 1 is 1.21 bits per heavy atom. The molecule has 1 aliphatic rings. The van der Waals surface area contributed by atoms with E-state index in [1.165, 1.54) is 6.33 Å². The summed E-state index contributed by atoms with van der Waals surface area (Å²) >= 11 is 0. The molecule has 0 amide bonds. The van der Waals surface area contributed by atoms with Crippen molar-refractivity contribution >= 4 is 28.1 Å². The Bertz CT molecular complexity index is 1270. The number of fused-ring (bicyclic) bond motifs is 1. The van der Waals surface area contributed by atoms with Gasteiger partial charge in [0.1, 0.15) is 17.9 Å². The number of rotatable bonds is 5. The van der Waals surface area contributed by atoms with Crippen LogP contribution in [0.4, 0.5) is 11.5 Å². The van der Waals surface area contributed by atoms with Crippen molar-refractivity contribution < 1.29 is 4.74 Å². The van der Waals surface area contributed by atoms with Crippen LogP contribution in [0, 0.1) is 0 Å². The molecule has 144 valence electrons. The molecule has 0 saturated heterocycles. The van der Waals surface area contributed by atoms with Crippen LogP contribution in [0.5, 0.6) is 5.75 Å². The van der Waals surface area contributed by atoms with E-state index in [4.69, 9.17) is 4.74 Å². The van der Waals surface area contributed by atoms with Crippen molar-refractivity contribution in [3.8, 4) is 17.0 Å². The lowest BCUT2D eigenvalue weighted by atomic mass is 10.1. The van der Waals surface area contributed by atoms with Gasteiger partial charge in [-0.25, -0.2) is 9.97 Å². The zero-order chi connectivity index (χ0) is 19.8. The first kappa shape index (κ1) is 17.2. The summed E-state index contributed by atoms with van der Waals surface area (Å²) in [5, 5.41) is 16.0. The van der Waals surface area contributed by atoms with Gasteiger partial charge in [-0.15, -0.1) is 0 Å². The summed E-state index contributed by atoms with van der Waals surface area (Å²) in [4.78, 5) is 8.79. The van der Waals surface area contributed by atoms with E-state index in [1.807, 2.05) is 36.0 Å². The first-order valence-corrected chi connectivity index (χ1v) is 9.24. The summed E-state index contributed by atoms with van der Waals surface area (Å²) < 4.78 is 7.40. The van der Waals surface area contributed by atoms with Gasteiger partial charge in [0.25, 0.3) is 0 Å². The zero-order valence-electron chi connectivity index (χ0n) is 16.0. The van der Waals surface area contributed by atoms with Gasteiger partial charge in [-0.1, -0.05) is 18.2 Å². The van der Waals surface area contributed by atoms with E-state index in [0.717, 1.165) is 40.0 Å². The van der Waals surface area contributed by atoms with Crippen molar-refractivity contribution in [2.75, 3.05) is 12.4 Å². The van der Waals surface area contributed by atoms with Gasteiger partial charge in [-0.05, 0) is 36.3 Å². The summed E-state index contributed by atoms with van der Waals surface area (Å²) in [5.41, 5.74) is 5.43. The van der Waals surface area contributed by atoms with Crippen LogP contribution in [0.25, 0.3) is 27.9 Å². The van der Waals surface area contributed by atoms with Crippen LogP contribution in [0.1, 0.15) is 12.1 Å². The van der Waals surface area contributed by atoms with E-state index in [2.05, 4.69) is 48.8 Å². The van der Waals surface area contributed by atoms with Crippen LogP contribution in [-0.2, 0) is 7.05 Å².